The number of carbonyl (C=O) groups is 1. The quantitative estimate of drug-likeness (QED) is 0.822. The molecule has 1 saturated heterocycles. The minimum Gasteiger partial charge on any atom is -0.497 e. The van der Waals surface area contributed by atoms with E-state index in [0.717, 1.165) is 19.3 Å². The number of hydrogen-bond acceptors (Lipinski definition) is 5. The van der Waals surface area contributed by atoms with Crippen molar-refractivity contribution in [2.24, 2.45) is 0 Å². The number of nitrogens with zero attached hydrogens (tertiary/aromatic N) is 1. The number of ether oxygens (including phenoxy) is 1. The fourth-order valence-corrected chi connectivity index (χ4v) is 5.11. The van der Waals surface area contributed by atoms with E-state index in [1.54, 1.807) is 35.7 Å². The molecule has 122 valence electrons. The van der Waals surface area contributed by atoms with Gasteiger partial charge in [0.1, 0.15) is 5.75 Å². The maximum atomic E-state index is 12.8. The van der Waals surface area contributed by atoms with Crippen LogP contribution in [0.1, 0.15) is 26.2 Å². The normalized spacial score (nSPS) is 19.8. The van der Waals surface area contributed by atoms with Crippen LogP contribution in [0, 0.1) is 0 Å². The molecule has 0 N–H and O–H groups in total. The van der Waals surface area contributed by atoms with Gasteiger partial charge in [-0.3, -0.25) is 4.79 Å². The second kappa shape index (κ2) is 7.48. The molecule has 1 atom stereocenters. The zero-order valence-corrected chi connectivity index (χ0v) is 14.5. The van der Waals surface area contributed by atoms with Gasteiger partial charge in [0.25, 0.3) is 0 Å². The summed E-state index contributed by atoms with van der Waals surface area (Å²) >= 11 is 1.19. The molecule has 1 aliphatic heterocycles. The Kier molecular flexibility index (Phi) is 5.88. The number of sulfonamides is 1. The third kappa shape index (κ3) is 4.02. The van der Waals surface area contributed by atoms with Gasteiger partial charge in [0, 0.05) is 25.3 Å². The van der Waals surface area contributed by atoms with Crippen molar-refractivity contribution in [2.75, 3.05) is 19.4 Å². The summed E-state index contributed by atoms with van der Waals surface area (Å²) in [6.45, 7) is 2.02. The molecule has 2 rings (SSSR count). The lowest BCUT2D eigenvalue weighted by Crippen LogP contribution is -2.45. The van der Waals surface area contributed by atoms with Gasteiger partial charge < -0.3 is 4.74 Å². The van der Waals surface area contributed by atoms with Crippen molar-refractivity contribution in [3.8, 4) is 5.75 Å². The number of thioether (sulfide) groups is 1. The molecule has 0 radical (unpaired) electrons. The van der Waals surface area contributed by atoms with Crippen molar-refractivity contribution in [3.63, 3.8) is 0 Å². The Balaban J connectivity index is 2.21. The number of carbonyl (C=O) groups excluding carboxylic acids is 1. The van der Waals surface area contributed by atoms with Crippen LogP contribution in [0.4, 0.5) is 0 Å². The first-order valence-electron chi connectivity index (χ1n) is 7.24. The number of benzene rings is 1. The van der Waals surface area contributed by atoms with Crippen LogP contribution in [0.3, 0.4) is 0 Å². The lowest BCUT2D eigenvalue weighted by molar-refractivity contribution is -0.109. The minimum absolute atomic E-state index is 0.0207. The Morgan fingerprint density at radius 3 is 2.59 bits per heavy atom. The highest BCUT2D eigenvalue weighted by molar-refractivity contribution is 8.13. The summed E-state index contributed by atoms with van der Waals surface area (Å²) in [6, 6.07) is 6.32. The molecule has 0 aromatic heterocycles. The number of hydrogen-bond donors (Lipinski definition) is 0. The SMILES string of the molecule is COc1ccc(S(=O)(=O)N2CCCC[C@@H]2CSC(C)=O)cc1. The molecule has 1 fully saturated rings. The summed E-state index contributed by atoms with van der Waals surface area (Å²) in [5, 5.41) is 0.0207. The smallest absolute Gasteiger partial charge is 0.243 e. The van der Waals surface area contributed by atoms with Crippen molar-refractivity contribution in [1.29, 1.82) is 0 Å². The summed E-state index contributed by atoms with van der Waals surface area (Å²) < 4.78 is 32.3. The van der Waals surface area contributed by atoms with Crippen LogP contribution in [0.2, 0.25) is 0 Å². The molecule has 0 spiro atoms. The lowest BCUT2D eigenvalue weighted by atomic mass is 10.1. The van der Waals surface area contributed by atoms with Crippen molar-refractivity contribution >= 4 is 26.9 Å². The molecule has 1 aromatic rings. The first kappa shape index (κ1) is 17.3. The van der Waals surface area contributed by atoms with Crippen LogP contribution in [-0.4, -0.2) is 43.3 Å². The van der Waals surface area contributed by atoms with Crippen LogP contribution in [0.15, 0.2) is 29.2 Å². The maximum absolute atomic E-state index is 12.8. The highest BCUT2D eigenvalue weighted by Crippen LogP contribution is 2.28. The fraction of sp³-hybridized carbons (Fsp3) is 0.533. The topological polar surface area (TPSA) is 63.7 Å². The van der Waals surface area contributed by atoms with Crippen molar-refractivity contribution < 1.29 is 17.9 Å². The predicted octanol–water partition coefficient (Wildman–Crippen LogP) is 2.52. The van der Waals surface area contributed by atoms with Gasteiger partial charge in [-0.15, -0.1) is 0 Å². The molecule has 0 saturated carbocycles. The van der Waals surface area contributed by atoms with E-state index in [0.29, 0.717) is 18.0 Å². The van der Waals surface area contributed by atoms with Crippen molar-refractivity contribution in [1.82, 2.24) is 4.31 Å². The second-order valence-corrected chi connectivity index (χ2v) is 8.33. The minimum atomic E-state index is -3.53. The highest BCUT2D eigenvalue weighted by atomic mass is 32.2. The zero-order valence-electron chi connectivity index (χ0n) is 12.8. The van der Waals surface area contributed by atoms with E-state index in [9.17, 15) is 13.2 Å². The molecule has 7 heteroatoms. The van der Waals surface area contributed by atoms with Gasteiger partial charge >= 0.3 is 0 Å². The molecule has 5 nitrogen and oxygen atoms in total. The van der Waals surface area contributed by atoms with Gasteiger partial charge in [0.15, 0.2) is 5.12 Å². The number of methoxy groups -OCH3 is 1. The van der Waals surface area contributed by atoms with Crippen LogP contribution in [0.25, 0.3) is 0 Å². The Labute approximate surface area is 136 Å². The van der Waals surface area contributed by atoms with Crippen molar-refractivity contribution in [2.45, 2.75) is 37.1 Å². The van der Waals surface area contributed by atoms with Gasteiger partial charge in [-0.2, -0.15) is 4.31 Å². The van der Waals surface area contributed by atoms with Crippen LogP contribution in [0.5, 0.6) is 5.75 Å². The first-order chi connectivity index (χ1) is 10.4. The summed E-state index contributed by atoms with van der Waals surface area (Å²) in [4.78, 5) is 11.4. The standard InChI is InChI=1S/C15H21NO4S2/c1-12(17)21-11-13-5-3-4-10-16(13)22(18,19)15-8-6-14(20-2)7-9-15/h6-9,13H,3-5,10-11H2,1-2H3/t13-/m1/s1. The van der Waals surface area contributed by atoms with Crippen molar-refractivity contribution in [3.05, 3.63) is 24.3 Å². The Hall–Kier alpha value is -1.05. The van der Waals surface area contributed by atoms with Crippen LogP contribution in [-0.2, 0) is 14.8 Å². The van der Waals surface area contributed by atoms with Crippen LogP contribution >= 0.6 is 11.8 Å². The van der Waals surface area contributed by atoms with E-state index in [1.165, 1.54) is 18.7 Å². The van der Waals surface area contributed by atoms with Gasteiger partial charge in [-0.25, -0.2) is 8.42 Å². The Morgan fingerprint density at radius 2 is 2.00 bits per heavy atom. The van der Waals surface area contributed by atoms with E-state index in [4.69, 9.17) is 4.74 Å². The largest absolute Gasteiger partial charge is 0.497 e. The molecule has 1 aliphatic rings. The third-order valence-electron chi connectivity index (χ3n) is 3.72. The van der Waals surface area contributed by atoms with Gasteiger partial charge in [-0.05, 0) is 37.1 Å². The van der Waals surface area contributed by atoms with E-state index in [1.807, 2.05) is 0 Å². The molecule has 0 amide bonds. The van der Waals surface area contributed by atoms with Gasteiger partial charge in [-0.1, -0.05) is 18.2 Å². The Bertz CT molecular complexity index is 613. The van der Waals surface area contributed by atoms with E-state index in [2.05, 4.69) is 0 Å². The van der Waals surface area contributed by atoms with Gasteiger partial charge in [0.2, 0.25) is 10.0 Å². The summed E-state index contributed by atoms with van der Waals surface area (Å²) in [5.74, 6) is 1.14. The molecule has 0 unspecified atom stereocenters. The predicted molar refractivity (Wildman–Crippen MR) is 87.7 cm³/mol. The average Bonchev–Trinajstić information content (AvgIpc) is 2.53. The molecule has 1 heterocycles. The van der Waals surface area contributed by atoms with E-state index >= 15 is 0 Å². The van der Waals surface area contributed by atoms with E-state index in [-0.39, 0.29) is 16.1 Å². The summed E-state index contributed by atoms with van der Waals surface area (Å²) in [6.07, 6.45) is 2.66. The monoisotopic (exact) mass is 343 g/mol. The average molecular weight is 343 g/mol. The maximum Gasteiger partial charge on any atom is 0.243 e. The highest BCUT2D eigenvalue weighted by Gasteiger charge is 2.33. The van der Waals surface area contributed by atoms with E-state index < -0.39 is 10.0 Å². The molecular formula is C15H21NO4S2. The fourth-order valence-electron chi connectivity index (χ4n) is 2.55. The molecule has 1 aromatic carbocycles. The first-order valence-corrected chi connectivity index (χ1v) is 9.67. The number of rotatable bonds is 5. The lowest BCUT2D eigenvalue weighted by Gasteiger charge is -2.34. The zero-order chi connectivity index (χ0) is 16.2. The molecular weight excluding hydrogens is 322 g/mol. The van der Waals surface area contributed by atoms with Crippen LogP contribution < -0.4 is 4.74 Å². The molecule has 0 aliphatic carbocycles. The summed E-state index contributed by atoms with van der Waals surface area (Å²) in [5.41, 5.74) is 0. The molecule has 0 bridgehead atoms. The second-order valence-electron chi connectivity index (χ2n) is 5.24. The molecule has 22 heavy (non-hydrogen) atoms. The Morgan fingerprint density at radius 1 is 1.32 bits per heavy atom. The summed E-state index contributed by atoms with van der Waals surface area (Å²) in [7, 11) is -1.99. The number of piperidine rings is 1. The van der Waals surface area contributed by atoms with Gasteiger partial charge in [0.05, 0.1) is 12.0 Å². The third-order valence-corrected chi connectivity index (χ3v) is 6.64.